The summed E-state index contributed by atoms with van der Waals surface area (Å²) in [5.41, 5.74) is -3.48. The van der Waals surface area contributed by atoms with Crippen molar-refractivity contribution < 1.29 is 36.7 Å². The fourth-order valence-electron chi connectivity index (χ4n) is 4.13. The third kappa shape index (κ3) is 7.47. The van der Waals surface area contributed by atoms with Crippen LogP contribution in [0.25, 0.3) is 0 Å². The fourth-order valence-corrected chi connectivity index (χ4v) is 4.13. The van der Waals surface area contributed by atoms with E-state index in [9.17, 15) is 32.3 Å². The number of pyridine rings is 1. The van der Waals surface area contributed by atoms with E-state index in [1.165, 1.54) is 12.3 Å². The summed E-state index contributed by atoms with van der Waals surface area (Å²) in [6.45, 7) is 11.3. The molecule has 238 valence electrons. The van der Waals surface area contributed by atoms with Gasteiger partial charge in [0.1, 0.15) is 18.1 Å². The van der Waals surface area contributed by atoms with Crippen LogP contribution in [-0.4, -0.2) is 55.7 Å². The van der Waals surface area contributed by atoms with Crippen LogP contribution in [0.2, 0.25) is 0 Å². The number of hydrogen-bond acceptors (Lipinski definition) is 10. The Morgan fingerprint density at radius 1 is 1.02 bits per heavy atom. The van der Waals surface area contributed by atoms with Gasteiger partial charge in [0.2, 0.25) is 17.6 Å². The van der Waals surface area contributed by atoms with Crippen LogP contribution < -0.4 is 16.2 Å². The van der Waals surface area contributed by atoms with Crippen LogP contribution >= 0.6 is 0 Å². The van der Waals surface area contributed by atoms with Crippen LogP contribution in [-0.2, 0) is 33.1 Å². The Balaban J connectivity index is 1.86. The van der Waals surface area contributed by atoms with Crippen molar-refractivity contribution in [3.63, 3.8) is 0 Å². The van der Waals surface area contributed by atoms with Gasteiger partial charge in [-0.05, 0) is 31.9 Å². The molecule has 13 nitrogen and oxygen atoms in total. The summed E-state index contributed by atoms with van der Waals surface area (Å²) in [4.78, 5) is 59.7. The van der Waals surface area contributed by atoms with E-state index in [-0.39, 0.29) is 23.1 Å². The third-order valence-corrected chi connectivity index (χ3v) is 6.61. The van der Waals surface area contributed by atoms with E-state index < -0.39 is 70.3 Å². The molecule has 2 amide bonds. The largest absolute Gasteiger partial charge is 0.453 e. The molecule has 3 aromatic rings. The first-order valence-electron chi connectivity index (χ1n) is 13.4. The molecule has 0 aliphatic heterocycles. The smallest absolute Gasteiger partial charge is 0.417 e. The number of ether oxygens (including phenoxy) is 1. The van der Waals surface area contributed by atoms with E-state index >= 15 is 0 Å². The zero-order valence-corrected chi connectivity index (χ0v) is 25.5. The number of hydrogen-bond donors (Lipinski definition) is 2. The molecule has 1 atom stereocenters. The molecule has 0 bridgehead atoms. The molecular formula is C28H34F3N7O6. The number of alkyl halides is 3. The summed E-state index contributed by atoms with van der Waals surface area (Å²) in [5, 5.41) is 12.6. The summed E-state index contributed by atoms with van der Waals surface area (Å²) in [6.07, 6.45) is -3.59. The molecule has 2 N–H and O–H groups in total. The molecule has 0 unspecified atom stereocenters. The minimum atomic E-state index is -4.56. The number of anilines is 1. The van der Waals surface area contributed by atoms with Gasteiger partial charge in [-0.25, -0.2) is 9.78 Å². The SMILES string of the molecule is COC(=O)Nc1cnc(C(C)(C)C)n(CC(=O)N[C@H](C(=O)c2nnc(C(C)(C)c3ccc(C(F)(F)F)cn3)o2)C(C)C)c1=O. The van der Waals surface area contributed by atoms with Crippen LogP contribution in [0, 0.1) is 5.92 Å². The van der Waals surface area contributed by atoms with Gasteiger partial charge in [0.25, 0.3) is 11.4 Å². The molecule has 3 rings (SSSR count). The zero-order chi connectivity index (χ0) is 33.2. The molecule has 0 saturated carbocycles. The maximum absolute atomic E-state index is 13.4. The zero-order valence-electron chi connectivity index (χ0n) is 25.5. The number of methoxy groups -OCH3 is 1. The van der Waals surface area contributed by atoms with Gasteiger partial charge in [0.05, 0.1) is 36.0 Å². The number of ketones is 1. The van der Waals surface area contributed by atoms with Crippen LogP contribution in [0.4, 0.5) is 23.7 Å². The van der Waals surface area contributed by atoms with Crippen molar-refractivity contribution in [1.29, 1.82) is 0 Å². The highest BCUT2D eigenvalue weighted by molar-refractivity contribution is 5.98. The van der Waals surface area contributed by atoms with Gasteiger partial charge < -0.3 is 14.5 Å². The van der Waals surface area contributed by atoms with Crippen LogP contribution in [0.3, 0.4) is 0 Å². The first-order valence-corrected chi connectivity index (χ1v) is 13.4. The maximum atomic E-state index is 13.4. The van der Waals surface area contributed by atoms with Gasteiger partial charge in [0.15, 0.2) is 0 Å². The molecule has 0 spiro atoms. The number of carbonyl (C=O) groups excluding carboxylic acids is 3. The van der Waals surface area contributed by atoms with Crippen LogP contribution in [0.5, 0.6) is 0 Å². The third-order valence-electron chi connectivity index (χ3n) is 6.61. The van der Waals surface area contributed by atoms with Crippen molar-refractivity contribution in [3.05, 3.63) is 63.7 Å². The highest BCUT2D eigenvalue weighted by Gasteiger charge is 2.37. The number of aromatic nitrogens is 5. The Morgan fingerprint density at radius 3 is 2.20 bits per heavy atom. The van der Waals surface area contributed by atoms with Gasteiger partial charge in [-0.1, -0.05) is 34.6 Å². The van der Waals surface area contributed by atoms with Crippen molar-refractivity contribution in [2.45, 2.75) is 78.1 Å². The maximum Gasteiger partial charge on any atom is 0.417 e. The second-order valence-corrected chi connectivity index (χ2v) is 11.9. The number of Topliss-reactive ketones (excluding diaryl/α,β-unsaturated/α-hetero) is 1. The van der Waals surface area contributed by atoms with Gasteiger partial charge in [-0.3, -0.25) is 29.3 Å². The Labute approximate surface area is 250 Å². The summed E-state index contributed by atoms with van der Waals surface area (Å²) in [7, 11) is 1.13. The number of carbonyl (C=O) groups is 3. The van der Waals surface area contributed by atoms with Gasteiger partial charge in [-0.15, -0.1) is 10.2 Å². The van der Waals surface area contributed by atoms with Crippen LogP contribution in [0.15, 0.2) is 33.7 Å². The Hall–Kier alpha value is -4.63. The first-order chi connectivity index (χ1) is 20.3. The highest BCUT2D eigenvalue weighted by Crippen LogP contribution is 2.33. The minimum Gasteiger partial charge on any atom is -0.453 e. The summed E-state index contributed by atoms with van der Waals surface area (Å²) < 4.78 is 50.2. The van der Waals surface area contributed by atoms with E-state index in [2.05, 4.69) is 35.5 Å². The second-order valence-electron chi connectivity index (χ2n) is 11.9. The Bertz CT molecular complexity index is 1590. The minimum absolute atomic E-state index is 0.0793. The molecule has 3 heterocycles. The van der Waals surface area contributed by atoms with E-state index in [0.717, 1.165) is 17.7 Å². The van der Waals surface area contributed by atoms with Crippen molar-refractivity contribution in [3.8, 4) is 0 Å². The van der Waals surface area contributed by atoms with Gasteiger partial charge in [-0.2, -0.15) is 13.2 Å². The molecule has 0 saturated heterocycles. The molecule has 0 fully saturated rings. The molecule has 3 aromatic heterocycles. The lowest BCUT2D eigenvalue weighted by Gasteiger charge is -2.24. The number of nitrogens with one attached hydrogen (secondary N) is 2. The van der Waals surface area contributed by atoms with E-state index in [0.29, 0.717) is 6.20 Å². The number of nitrogens with zero attached hydrogens (tertiary/aromatic N) is 5. The normalized spacial score (nSPS) is 13.0. The monoisotopic (exact) mass is 621 g/mol. The molecule has 0 radical (unpaired) electrons. The number of halogens is 3. The molecule has 0 aromatic carbocycles. The van der Waals surface area contributed by atoms with Crippen molar-refractivity contribution >= 4 is 23.5 Å². The predicted molar refractivity (Wildman–Crippen MR) is 150 cm³/mol. The molecule has 0 aliphatic carbocycles. The van der Waals surface area contributed by atoms with E-state index in [1.807, 2.05) is 0 Å². The number of amides is 2. The first kappa shape index (κ1) is 33.9. The summed E-state index contributed by atoms with van der Waals surface area (Å²) >= 11 is 0. The standard InChI is InChI=1S/C28H34F3N7O6/c1-14(2)19(35-18(39)13-38-22(41)16(34-25(42)43-8)12-33-23(38)26(3,4)5)20(40)21-36-37-24(44-21)27(6,7)17-10-9-15(11-32-17)28(29,30)31/h9-12,14,19H,13H2,1-8H3,(H,34,42)(H,35,39)/t19-/m0/s1. The fraction of sp³-hybridized carbons (Fsp3) is 0.500. The average Bonchev–Trinajstić information content (AvgIpc) is 3.43. The van der Waals surface area contributed by atoms with Crippen LogP contribution in [0.1, 0.15) is 82.1 Å². The van der Waals surface area contributed by atoms with Crippen molar-refractivity contribution in [2.75, 3.05) is 12.4 Å². The molecule has 16 heteroatoms. The van der Waals surface area contributed by atoms with Gasteiger partial charge in [0, 0.05) is 11.6 Å². The highest BCUT2D eigenvalue weighted by atomic mass is 19.4. The van der Waals surface area contributed by atoms with E-state index in [4.69, 9.17) is 4.42 Å². The number of rotatable bonds is 9. The topological polar surface area (TPSA) is 171 Å². The van der Waals surface area contributed by atoms with Gasteiger partial charge >= 0.3 is 12.3 Å². The Morgan fingerprint density at radius 2 is 1.68 bits per heavy atom. The van der Waals surface area contributed by atoms with E-state index in [1.54, 1.807) is 48.5 Å². The molecular weight excluding hydrogens is 587 g/mol. The predicted octanol–water partition coefficient (Wildman–Crippen LogP) is 3.87. The lowest BCUT2D eigenvalue weighted by molar-refractivity contribution is -0.137. The van der Waals surface area contributed by atoms with Crippen molar-refractivity contribution in [1.82, 2.24) is 30.0 Å². The lowest BCUT2D eigenvalue weighted by atomic mass is 9.88. The lowest BCUT2D eigenvalue weighted by Crippen LogP contribution is -2.47. The second kappa shape index (κ2) is 12.5. The summed E-state index contributed by atoms with van der Waals surface area (Å²) in [5.74, 6) is -2.15. The average molecular weight is 622 g/mol. The van der Waals surface area contributed by atoms with Crippen molar-refractivity contribution in [2.24, 2.45) is 5.92 Å². The molecule has 0 aliphatic rings. The summed E-state index contributed by atoms with van der Waals surface area (Å²) in [6, 6.07) is 0.912. The Kier molecular flexibility index (Phi) is 9.65. The quantitative estimate of drug-likeness (QED) is 0.334. The molecule has 44 heavy (non-hydrogen) atoms.